The molecule has 2 amide bonds. The van der Waals surface area contributed by atoms with Crippen LogP contribution in [0.25, 0.3) is 0 Å². The van der Waals surface area contributed by atoms with Crippen LogP contribution in [0.5, 0.6) is 0 Å². The summed E-state index contributed by atoms with van der Waals surface area (Å²) < 4.78 is 0. The van der Waals surface area contributed by atoms with Gasteiger partial charge in [0.25, 0.3) is 11.8 Å². The van der Waals surface area contributed by atoms with Crippen LogP contribution in [0.2, 0.25) is 0 Å². The molecule has 4 heteroatoms. The first-order chi connectivity index (χ1) is 13.3. The van der Waals surface area contributed by atoms with Gasteiger partial charge in [-0.3, -0.25) is 9.59 Å². The van der Waals surface area contributed by atoms with Gasteiger partial charge in [-0.25, -0.2) is 0 Å². The minimum absolute atomic E-state index is 0.0195. The number of rotatable bonds is 3. The molecule has 1 heterocycles. The third-order valence-corrected chi connectivity index (χ3v) is 5.27. The predicted molar refractivity (Wildman–Crippen MR) is 114 cm³/mol. The van der Waals surface area contributed by atoms with E-state index in [9.17, 15) is 9.59 Å². The van der Waals surface area contributed by atoms with Crippen molar-refractivity contribution in [3.63, 3.8) is 0 Å². The summed E-state index contributed by atoms with van der Waals surface area (Å²) in [6, 6.07) is 14.9. The summed E-state index contributed by atoms with van der Waals surface area (Å²) in [6.45, 7) is 8.08. The fraction of sp³-hybridized carbons (Fsp3) is 0.417. The zero-order valence-corrected chi connectivity index (χ0v) is 17.1. The molecule has 0 atom stereocenters. The highest BCUT2D eigenvalue weighted by Crippen LogP contribution is 2.24. The van der Waals surface area contributed by atoms with Crippen molar-refractivity contribution in [1.82, 2.24) is 4.90 Å². The molecule has 148 valence electrons. The largest absolute Gasteiger partial charge is 0.339 e. The molecule has 0 spiro atoms. The molecule has 1 aliphatic heterocycles. The minimum Gasteiger partial charge on any atom is -0.339 e. The Morgan fingerprint density at radius 2 is 1.46 bits per heavy atom. The Morgan fingerprint density at radius 3 is 2.07 bits per heavy atom. The van der Waals surface area contributed by atoms with Crippen molar-refractivity contribution in [2.45, 2.75) is 51.9 Å². The van der Waals surface area contributed by atoms with Crippen LogP contribution in [0.1, 0.15) is 72.7 Å². The van der Waals surface area contributed by atoms with E-state index in [0.29, 0.717) is 11.1 Å². The van der Waals surface area contributed by atoms with Gasteiger partial charge >= 0.3 is 0 Å². The first-order valence-corrected chi connectivity index (χ1v) is 10.2. The molecule has 2 aromatic carbocycles. The summed E-state index contributed by atoms with van der Waals surface area (Å²) in [6.07, 6.45) is 4.47. The Morgan fingerprint density at radius 1 is 0.857 bits per heavy atom. The van der Waals surface area contributed by atoms with E-state index in [4.69, 9.17) is 0 Å². The molecular weight excluding hydrogens is 348 g/mol. The van der Waals surface area contributed by atoms with Gasteiger partial charge in [0, 0.05) is 29.9 Å². The summed E-state index contributed by atoms with van der Waals surface area (Å²) in [5, 5.41) is 2.93. The van der Waals surface area contributed by atoms with Crippen LogP contribution in [-0.4, -0.2) is 29.8 Å². The van der Waals surface area contributed by atoms with Crippen LogP contribution in [0, 0.1) is 0 Å². The number of carbonyl (C=O) groups excluding carboxylic acids is 2. The molecule has 0 unspecified atom stereocenters. The first-order valence-electron chi connectivity index (χ1n) is 10.2. The topological polar surface area (TPSA) is 49.4 Å². The van der Waals surface area contributed by atoms with Crippen LogP contribution >= 0.6 is 0 Å². The van der Waals surface area contributed by atoms with Gasteiger partial charge in [0.15, 0.2) is 0 Å². The van der Waals surface area contributed by atoms with Gasteiger partial charge in [-0.2, -0.15) is 0 Å². The molecule has 3 rings (SSSR count). The fourth-order valence-corrected chi connectivity index (χ4v) is 3.51. The van der Waals surface area contributed by atoms with Crippen molar-refractivity contribution < 1.29 is 9.59 Å². The highest BCUT2D eigenvalue weighted by molar-refractivity contribution is 6.06. The van der Waals surface area contributed by atoms with E-state index in [1.165, 1.54) is 18.4 Å². The summed E-state index contributed by atoms with van der Waals surface area (Å²) in [5.74, 6) is -0.180. The Labute approximate surface area is 167 Å². The van der Waals surface area contributed by atoms with Crippen molar-refractivity contribution in [2.24, 2.45) is 0 Å². The van der Waals surface area contributed by atoms with Crippen molar-refractivity contribution in [2.75, 3.05) is 18.4 Å². The SMILES string of the molecule is CC(C)(C)c1ccc(NC(=O)c2cccc(C(=O)N3CCCCCC3)c2)cc1. The zero-order valence-electron chi connectivity index (χ0n) is 17.1. The number of benzene rings is 2. The second-order valence-electron chi connectivity index (χ2n) is 8.57. The van der Waals surface area contributed by atoms with Gasteiger partial charge in [0.2, 0.25) is 0 Å². The van der Waals surface area contributed by atoms with E-state index in [-0.39, 0.29) is 17.2 Å². The molecule has 1 N–H and O–H groups in total. The highest BCUT2D eigenvalue weighted by atomic mass is 16.2. The lowest BCUT2D eigenvalue weighted by molar-refractivity contribution is 0.0761. The lowest BCUT2D eigenvalue weighted by Gasteiger charge is -2.20. The van der Waals surface area contributed by atoms with Gasteiger partial charge < -0.3 is 10.2 Å². The molecule has 1 aliphatic rings. The van der Waals surface area contributed by atoms with Gasteiger partial charge in [-0.05, 0) is 54.2 Å². The number of nitrogens with zero attached hydrogens (tertiary/aromatic N) is 1. The lowest BCUT2D eigenvalue weighted by atomic mass is 9.87. The summed E-state index contributed by atoms with van der Waals surface area (Å²) in [4.78, 5) is 27.4. The number of hydrogen-bond acceptors (Lipinski definition) is 2. The maximum Gasteiger partial charge on any atom is 0.255 e. The summed E-state index contributed by atoms with van der Waals surface area (Å²) in [7, 11) is 0. The third kappa shape index (κ3) is 5.00. The summed E-state index contributed by atoms with van der Waals surface area (Å²) >= 11 is 0. The van der Waals surface area contributed by atoms with Crippen LogP contribution in [0.3, 0.4) is 0 Å². The standard InChI is InChI=1S/C24H30N2O2/c1-24(2,3)20-11-13-21(14-12-20)25-22(27)18-9-8-10-19(17-18)23(28)26-15-6-4-5-7-16-26/h8-14,17H,4-7,15-16H2,1-3H3,(H,25,27). The zero-order chi connectivity index (χ0) is 20.1. The first kappa shape index (κ1) is 20.1. The van der Waals surface area contributed by atoms with Gasteiger partial charge in [0.1, 0.15) is 0 Å². The maximum absolute atomic E-state index is 12.8. The predicted octanol–water partition coefficient (Wildman–Crippen LogP) is 5.25. The highest BCUT2D eigenvalue weighted by Gasteiger charge is 2.19. The number of carbonyl (C=O) groups is 2. The van der Waals surface area contributed by atoms with Crippen LogP contribution in [0.15, 0.2) is 48.5 Å². The van der Waals surface area contributed by atoms with E-state index >= 15 is 0 Å². The minimum atomic E-state index is -0.200. The number of likely N-dealkylation sites (tertiary alicyclic amines) is 1. The van der Waals surface area contributed by atoms with Crippen molar-refractivity contribution >= 4 is 17.5 Å². The second-order valence-corrected chi connectivity index (χ2v) is 8.57. The lowest BCUT2D eigenvalue weighted by Crippen LogP contribution is -2.32. The van der Waals surface area contributed by atoms with E-state index in [1.807, 2.05) is 29.2 Å². The Bertz CT molecular complexity index is 826. The van der Waals surface area contributed by atoms with E-state index in [0.717, 1.165) is 31.6 Å². The third-order valence-electron chi connectivity index (χ3n) is 5.27. The van der Waals surface area contributed by atoms with Gasteiger partial charge in [-0.1, -0.05) is 51.8 Å². The van der Waals surface area contributed by atoms with Gasteiger partial charge in [0.05, 0.1) is 0 Å². The van der Waals surface area contributed by atoms with Crippen LogP contribution in [-0.2, 0) is 5.41 Å². The molecule has 2 aromatic rings. The molecule has 1 fully saturated rings. The Balaban J connectivity index is 1.70. The quantitative estimate of drug-likeness (QED) is 0.793. The summed E-state index contributed by atoms with van der Waals surface area (Å²) in [5.41, 5.74) is 3.13. The average Bonchev–Trinajstić information content (AvgIpc) is 2.97. The maximum atomic E-state index is 12.8. The number of hydrogen-bond donors (Lipinski definition) is 1. The number of anilines is 1. The van der Waals surface area contributed by atoms with E-state index in [1.54, 1.807) is 24.3 Å². The van der Waals surface area contributed by atoms with Crippen LogP contribution in [0.4, 0.5) is 5.69 Å². The molecule has 0 bridgehead atoms. The molecule has 0 saturated carbocycles. The molecule has 0 aliphatic carbocycles. The monoisotopic (exact) mass is 378 g/mol. The number of amides is 2. The Hall–Kier alpha value is -2.62. The average molecular weight is 379 g/mol. The van der Waals surface area contributed by atoms with Crippen LogP contribution < -0.4 is 5.32 Å². The molecule has 1 saturated heterocycles. The van der Waals surface area contributed by atoms with Gasteiger partial charge in [-0.15, -0.1) is 0 Å². The Kier molecular flexibility index (Phi) is 6.18. The van der Waals surface area contributed by atoms with Crippen molar-refractivity contribution in [1.29, 1.82) is 0 Å². The van der Waals surface area contributed by atoms with E-state index in [2.05, 4.69) is 26.1 Å². The van der Waals surface area contributed by atoms with E-state index < -0.39 is 0 Å². The fourth-order valence-electron chi connectivity index (χ4n) is 3.51. The molecule has 28 heavy (non-hydrogen) atoms. The van der Waals surface area contributed by atoms with Crippen molar-refractivity contribution in [3.05, 3.63) is 65.2 Å². The normalized spacial score (nSPS) is 15.0. The van der Waals surface area contributed by atoms with Crippen molar-refractivity contribution in [3.8, 4) is 0 Å². The molecule has 0 aromatic heterocycles. The molecule has 4 nitrogen and oxygen atoms in total. The molecular formula is C24H30N2O2. The number of nitrogens with one attached hydrogen (secondary N) is 1. The molecule has 0 radical (unpaired) electrons. The smallest absolute Gasteiger partial charge is 0.255 e. The second kappa shape index (κ2) is 8.59.